The molecule has 1 aromatic carbocycles. The maximum atomic E-state index is 5.85. The molecule has 0 saturated heterocycles. The molecule has 0 fully saturated rings. The lowest BCUT2D eigenvalue weighted by Crippen LogP contribution is -1.82. The van der Waals surface area contributed by atoms with Crippen molar-refractivity contribution in [3.63, 3.8) is 0 Å². The smallest absolute Gasteiger partial charge is 0.204 e. The SMILES string of the molecule is CCCCSCc1ncc(-c2ccc(Cl)cc2)o1. The molecule has 0 unspecified atom stereocenters. The van der Waals surface area contributed by atoms with E-state index in [1.807, 2.05) is 36.0 Å². The van der Waals surface area contributed by atoms with Crippen molar-refractivity contribution >= 4 is 23.4 Å². The van der Waals surface area contributed by atoms with Crippen LogP contribution >= 0.6 is 23.4 Å². The fraction of sp³-hybridized carbons (Fsp3) is 0.357. The molecule has 0 bridgehead atoms. The Morgan fingerprint density at radius 3 is 2.78 bits per heavy atom. The van der Waals surface area contributed by atoms with Crippen molar-refractivity contribution in [1.82, 2.24) is 4.98 Å². The third kappa shape index (κ3) is 3.79. The molecule has 0 spiro atoms. The lowest BCUT2D eigenvalue weighted by atomic mass is 10.2. The highest BCUT2D eigenvalue weighted by Gasteiger charge is 2.06. The number of unbranched alkanes of at least 4 members (excludes halogenated alkanes) is 1. The van der Waals surface area contributed by atoms with Crippen LogP contribution in [0.2, 0.25) is 5.02 Å². The number of hydrogen-bond donors (Lipinski definition) is 0. The zero-order valence-electron chi connectivity index (χ0n) is 10.4. The average molecular weight is 282 g/mol. The molecule has 0 saturated carbocycles. The molecule has 2 aromatic rings. The molecule has 4 heteroatoms. The molecule has 0 atom stereocenters. The Morgan fingerprint density at radius 2 is 2.06 bits per heavy atom. The van der Waals surface area contributed by atoms with Gasteiger partial charge in [0.25, 0.3) is 0 Å². The zero-order valence-corrected chi connectivity index (χ0v) is 11.9. The molecule has 1 heterocycles. The Bertz CT molecular complexity index is 481. The molecule has 96 valence electrons. The van der Waals surface area contributed by atoms with Gasteiger partial charge in [-0.15, -0.1) is 0 Å². The van der Waals surface area contributed by atoms with E-state index in [1.165, 1.54) is 12.8 Å². The minimum Gasteiger partial charge on any atom is -0.440 e. The van der Waals surface area contributed by atoms with Gasteiger partial charge in [0.2, 0.25) is 5.89 Å². The summed E-state index contributed by atoms with van der Waals surface area (Å²) in [5, 5.41) is 0.730. The topological polar surface area (TPSA) is 26.0 Å². The van der Waals surface area contributed by atoms with Crippen LogP contribution in [-0.4, -0.2) is 10.7 Å². The molecule has 1 aromatic heterocycles. The Kier molecular flexibility index (Phi) is 5.14. The second kappa shape index (κ2) is 6.86. The molecule has 18 heavy (non-hydrogen) atoms. The predicted octanol–water partition coefficient (Wildman–Crippen LogP) is 5.03. The van der Waals surface area contributed by atoms with E-state index in [-0.39, 0.29) is 0 Å². The van der Waals surface area contributed by atoms with Gasteiger partial charge in [0.1, 0.15) is 0 Å². The molecule has 0 aliphatic heterocycles. The van der Waals surface area contributed by atoms with Crippen LogP contribution in [-0.2, 0) is 5.75 Å². The van der Waals surface area contributed by atoms with Crippen molar-refractivity contribution in [2.45, 2.75) is 25.5 Å². The zero-order chi connectivity index (χ0) is 12.8. The van der Waals surface area contributed by atoms with Gasteiger partial charge in [0, 0.05) is 10.6 Å². The summed E-state index contributed by atoms with van der Waals surface area (Å²) in [5.41, 5.74) is 1.01. The highest BCUT2D eigenvalue weighted by Crippen LogP contribution is 2.24. The summed E-state index contributed by atoms with van der Waals surface area (Å²) in [7, 11) is 0. The highest BCUT2D eigenvalue weighted by atomic mass is 35.5. The Hall–Kier alpha value is -0.930. The summed E-state index contributed by atoms with van der Waals surface area (Å²) in [5.74, 6) is 3.60. The van der Waals surface area contributed by atoms with E-state index in [0.717, 1.165) is 33.7 Å². The number of nitrogens with zero attached hydrogens (tertiary/aromatic N) is 1. The number of benzene rings is 1. The van der Waals surface area contributed by atoms with E-state index in [9.17, 15) is 0 Å². The monoisotopic (exact) mass is 281 g/mol. The third-order valence-electron chi connectivity index (χ3n) is 2.55. The lowest BCUT2D eigenvalue weighted by Gasteiger charge is -1.97. The van der Waals surface area contributed by atoms with Crippen molar-refractivity contribution < 1.29 is 4.42 Å². The van der Waals surface area contributed by atoms with Crippen LogP contribution in [0.15, 0.2) is 34.9 Å². The summed E-state index contributed by atoms with van der Waals surface area (Å²) in [6.45, 7) is 2.20. The normalized spacial score (nSPS) is 10.8. The van der Waals surface area contributed by atoms with Gasteiger partial charge in [0.15, 0.2) is 5.76 Å². The van der Waals surface area contributed by atoms with E-state index in [4.69, 9.17) is 16.0 Å². The number of oxazole rings is 1. The van der Waals surface area contributed by atoms with Crippen molar-refractivity contribution in [2.24, 2.45) is 0 Å². The highest BCUT2D eigenvalue weighted by molar-refractivity contribution is 7.98. The van der Waals surface area contributed by atoms with Crippen LogP contribution < -0.4 is 0 Å². The number of thioether (sulfide) groups is 1. The summed E-state index contributed by atoms with van der Waals surface area (Å²) < 4.78 is 5.71. The minimum atomic E-state index is 0.730. The Morgan fingerprint density at radius 1 is 1.28 bits per heavy atom. The first-order chi connectivity index (χ1) is 8.79. The first-order valence-corrected chi connectivity index (χ1v) is 7.61. The number of hydrogen-bond acceptors (Lipinski definition) is 3. The van der Waals surface area contributed by atoms with Gasteiger partial charge < -0.3 is 4.42 Å². The van der Waals surface area contributed by atoms with Crippen LogP contribution in [0.3, 0.4) is 0 Å². The molecule has 2 rings (SSSR count). The average Bonchev–Trinajstić information content (AvgIpc) is 2.84. The first kappa shape index (κ1) is 13.5. The summed E-state index contributed by atoms with van der Waals surface area (Å²) in [6, 6.07) is 7.60. The Balaban J connectivity index is 1.95. The molecule has 0 amide bonds. The van der Waals surface area contributed by atoms with E-state index >= 15 is 0 Å². The fourth-order valence-corrected chi connectivity index (χ4v) is 2.60. The van der Waals surface area contributed by atoms with Gasteiger partial charge in [-0.2, -0.15) is 11.8 Å². The fourth-order valence-electron chi connectivity index (χ4n) is 1.53. The summed E-state index contributed by atoms with van der Waals surface area (Å²) in [4.78, 5) is 4.29. The lowest BCUT2D eigenvalue weighted by molar-refractivity contribution is 0.530. The van der Waals surface area contributed by atoms with E-state index in [0.29, 0.717) is 0 Å². The van der Waals surface area contributed by atoms with Gasteiger partial charge in [-0.05, 0) is 36.4 Å². The van der Waals surface area contributed by atoms with Gasteiger partial charge in [-0.3, -0.25) is 0 Å². The third-order valence-corrected chi connectivity index (χ3v) is 3.83. The molecule has 0 radical (unpaired) electrons. The second-order valence-electron chi connectivity index (χ2n) is 4.03. The maximum Gasteiger partial charge on any atom is 0.204 e. The van der Waals surface area contributed by atoms with Crippen LogP contribution in [0.4, 0.5) is 0 Å². The van der Waals surface area contributed by atoms with Crippen LogP contribution in [0, 0.1) is 0 Å². The maximum absolute atomic E-state index is 5.85. The number of halogens is 1. The van der Waals surface area contributed by atoms with Gasteiger partial charge >= 0.3 is 0 Å². The van der Waals surface area contributed by atoms with E-state index in [1.54, 1.807) is 6.20 Å². The quantitative estimate of drug-likeness (QED) is 0.695. The minimum absolute atomic E-state index is 0.730. The van der Waals surface area contributed by atoms with Crippen LogP contribution in [0.1, 0.15) is 25.7 Å². The van der Waals surface area contributed by atoms with Crippen LogP contribution in [0.5, 0.6) is 0 Å². The molecule has 0 N–H and O–H groups in total. The molecule has 0 aliphatic rings. The van der Waals surface area contributed by atoms with Crippen molar-refractivity contribution in [1.29, 1.82) is 0 Å². The number of rotatable bonds is 6. The number of aromatic nitrogens is 1. The van der Waals surface area contributed by atoms with E-state index in [2.05, 4.69) is 11.9 Å². The van der Waals surface area contributed by atoms with E-state index < -0.39 is 0 Å². The van der Waals surface area contributed by atoms with Gasteiger partial charge in [-0.25, -0.2) is 4.98 Å². The largest absolute Gasteiger partial charge is 0.440 e. The molecular formula is C14H16ClNOS. The summed E-state index contributed by atoms with van der Waals surface area (Å²) in [6.07, 6.45) is 4.25. The predicted molar refractivity (Wildman–Crippen MR) is 78.0 cm³/mol. The standard InChI is InChI=1S/C14H16ClNOS/c1-2-3-8-18-10-14-16-9-13(17-14)11-4-6-12(15)7-5-11/h4-7,9H,2-3,8,10H2,1H3. The van der Waals surface area contributed by atoms with Crippen molar-refractivity contribution in [3.05, 3.63) is 41.4 Å². The van der Waals surface area contributed by atoms with Crippen molar-refractivity contribution in [3.8, 4) is 11.3 Å². The second-order valence-corrected chi connectivity index (χ2v) is 5.57. The first-order valence-electron chi connectivity index (χ1n) is 6.08. The molecule has 0 aliphatic carbocycles. The molecular weight excluding hydrogens is 266 g/mol. The summed E-state index contributed by atoms with van der Waals surface area (Å²) >= 11 is 7.72. The van der Waals surface area contributed by atoms with Gasteiger partial charge in [0.05, 0.1) is 11.9 Å². The Labute approximate surface area is 117 Å². The molecule has 2 nitrogen and oxygen atoms in total. The van der Waals surface area contributed by atoms with Crippen molar-refractivity contribution in [2.75, 3.05) is 5.75 Å². The van der Waals surface area contributed by atoms with Crippen LogP contribution in [0.25, 0.3) is 11.3 Å². The van der Waals surface area contributed by atoms with Gasteiger partial charge in [-0.1, -0.05) is 24.9 Å².